The normalized spacial score (nSPS) is 13.6. The van der Waals surface area contributed by atoms with E-state index < -0.39 is 14.9 Å². The maximum atomic E-state index is 13.2. The Morgan fingerprint density at radius 1 is 1.18 bits per heavy atom. The van der Waals surface area contributed by atoms with Crippen LogP contribution < -0.4 is 4.31 Å². The molecule has 9 heteroatoms. The minimum Gasteiger partial charge on any atom is -0.266 e. The third-order valence-corrected chi connectivity index (χ3v) is 7.53. The minimum atomic E-state index is -3.90. The van der Waals surface area contributed by atoms with Crippen LogP contribution in [0, 0.1) is 24.0 Å². The van der Waals surface area contributed by atoms with Crippen molar-refractivity contribution in [2.45, 2.75) is 25.2 Å². The zero-order valence-corrected chi connectivity index (χ0v) is 16.9. The highest BCUT2D eigenvalue weighted by Gasteiger charge is 2.33. The molecule has 0 radical (unpaired) electrons. The number of fused-ring (bicyclic) bond motifs is 1. The Balaban J connectivity index is 1.75. The standard InChI is InChI=1S/C19H17N3O4S2/c1-12-3-5-16(22(23)24)10-19(12)28(25,26)21-8-7-15-9-14(4-6-18(15)21)17-11-27-13(2)20-17/h3-6,9-11H,7-8H2,1-2H3. The number of thiazole rings is 1. The molecule has 28 heavy (non-hydrogen) atoms. The first-order chi connectivity index (χ1) is 13.3. The number of hydrogen-bond acceptors (Lipinski definition) is 6. The lowest BCUT2D eigenvalue weighted by Crippen LogP contribution is -2.29. The van der Waals surface area contributed by atoms with Crippen LogP contribution in [-0.2, 0) is 16.4 Å². The molecule has 0 fully saturated rings. The average molecular weight is 415 g/mol. The van der Waals surface area contributed by atoms with Gasteiger partial charge in [-0.3, -0.25) is 14.4 Å². The van der Waals surface area contributed by atoms with Gasteiger partial charge in [-0.05, 0) is 43.5 Å². The maximum absolute atomic E-state index is 13.2. The number of nitrogens with zero attached hydrogens (tertiary/aromatic N) is 3. The van der Waals surface area contributed by atoms with Crippen LogP contribution in [0.4, 0.5) is 11.4 Å². The summed E-state index contributed by atoms with van der Waals surface area (Å²) in [5, 5.41) is 14.0. The van der Waals surface area contributed by atoms with Crippen molar-refractivity contribution in [3.8, 4) is 11.3 Å². The van der Waals surface area contributed by atoms with Crippen LogP contribution in [0.15, 0.2) is 46.7 Å². The van der Waals surface area contributed by atoms with Gasteiger partial charge in [0.2, 0.25) is 0 Å². The van der Waals surface area contributed by atoms with E-state index in [1.807, 2.05) is 24.4 Å². The zero-order valence-electron chi connectivity index (χ0n) is 15.2. The van der Waals surface area contributed by atoms with Gasteiger partial charge in [0.15, 0.2) is 0 Å². The Labute approximate surface area is 166 Å². The summed E-state index contributed by atoms with van der Waals surface area (Å²) in [7, 11) is -3.90. The second-order valence-corrected chi connectivity index (χ2v) is 9.52. The van der Waals surface area contributed by atoms with Crippen LogP contribution >= 0.6 is 11.3 Å². The number of hydrogen-bond donors (Lipinski definition) is 0. The van der Waals surface area contributed by atoms with Gasteiger partial charge in [-0.1, -0.05) is 12.1 Å². The SMILES string of the molecule is Cc1nc(-c2ccc3c(c2)CCN3S(=O)(=O)c2cc([N+](=O)[O-])ccc2C)cs1. The van der Waals surface area contributed by atoms with Crippen molar-refractivity contribution in [3.05, 3.63) is 68.0 Å². The van der Waals surface area contributed by atoms with Gasteiger partial charge in [0.25, 0.3) is 15.7 Å². The molecule has 0 saturated heterocycles. The van der Waals surface area contributed by atoms with E-state index >= 15 is 0 Å². The van der Waals surface area contributed by atoms with Crippen molar-refractivity contribution in [2.24, 2.45) is 0 Å². The van der Waals surface area contributed by atoms with E-state index in [0.717, 1.165) is 27.9 Å². The third-order valence-electron chi connectivity index (χ3n) is 4.80. The number of sulfonamides is 1. The molecule has 0 spiro atoms. The van der Waals surface area contributed by atoms with Crippen molar-refractivity contribution in [1.29, 1.82) is 0 Å². The maximum Gasteiger partial charge on any atom is 0.270 e. The Bertz CT molecular complexity index is 1200. The number of aromatic nitrogens is 1. The second-order valence-electron chi connectivity index (χ2n) is 6.63. The van der Waals surface area contributed by atoms with Gasteiger partial charge in [0.1, 0.15) is 0 Å². The van der Waals surface area contributed by atoms with Gasteiger partial charge in [0, 0.05) is 29.6 Å². The van der Waals surface area contributed by atoms with Gasteiger partial charge < -0.3 is 0 Å². The Kier molecular flexibility index (Phi) is 4.43. The van der Waals surface area contributed by atoms with Gasteiger partial charge in [-0.15, -0.1) is 11.3 Å². The molecule has 7 nitrogen and oxygen atoms in total. The molecule has 0 N–H and O–H groups in total. The van der Waals surface area contributed by atoms with Gasteiger partial charge >= 0.3 is 0 Å². The van der Waals surface area contributed by atoms with Gasteiger partial charge in [0.05, 0.1) is 26.2 Å². The van der Waals surface area contributed by atoms with E-state index in [2.05, 4.69) is 4.98 Å². The summed E-state index contributed by atoms with van der Waals surface area (Å²) in [6.45, 7) is 3.89. The fraction of sp³-hybridized carbons (Fsp3) is 0.211. The molecule has 0 atom stereocenters. The topological polar surface area (TPSA) is 93.4 Å². The molecule has 1 aromatic heterocycles. The Morgan fingerprint density at radius 2 is 1.96 bits per heavy atom. The summed E-state index contributed by atoms with van der Waals surface area (Å²) in [5.74, 6) is 0. The molecule has 0 amide bonds. The van der Waals surface area contributed by atoms with E-state index in [4.69, 9.17) is 0 Å². The predicted molar refractivity (Wildman–Crippen MR) is 108 cm³/mol. The molecule has 2 heterocycles. The number of anilines is 1. The van der Waals surface area contributed by atoms with Crippen molar-refractivity contribution >= 4 is 32.7 Å². The predicted octanol–water partition coefficient (Wildman–Crippen LogP) is 4.09. The molecule has 2 aromatic carbocycles. The number of rotatable bonds is 4. The highest BCUT2D eigenvalue weighted by atomic mass is 32.2. The van der Waals surface area contributed by atoms with Crippen molar-refractivity contribution in [1.82, 2.24) is 4.98 Å². The van der Waals surface area contributed by atoms with Crippen LogP contribution in [0.5, 0.6) is 0 Å². The van der Waals surface area contributed by atoms with Crippen molar-refractivity contribution in [2.75, 3.05) is 10.8 Å². The first-order valence-electron chi connectivity index (χ1n) is 8.60. The first kappa shape index (κ1) is 18.6. The summed E-state index contributed by atoms with van der Waals surface area (Å²) < 4.78 is 27.8. The number of nitro groups is 1. The van der Waals surface area contributed by atoms with Crippen LogP contribution in [0.2, 0.25) is 0 Å². The lowest BCUT2D eigenvalue weighted by atomic mass is 10.1. The fourth-order valence-corrected chi connectivity index (χ4v) is 5.75. The summed E-state index contributed by atoms with van der Waals surface area (Å²) in [6.07, 6.45) is 0.583. The lowest BCUT2D eigenvalue weighted by Gasteiger charge is -2.20. The van der Waals surface area contributed by atoms with E-state index in [-0.39, 0.29) is 10.6 Å². The summed E-state index contributed by atoms with van der Waals surface area (Å²) in [4.78, 5) is 14.9. The van der Waals surface area contributed by atoms with E-state index in [1.54, 1.807) is 24.3 Å². The number of benzene rings is 2. The number of non-ortho nitro benzene ring substituents is 1. The number of nitro benzene ring substituents is 1. The van der Waals surface area contributed by atoms with E-state index in [9.17, 15) is 18.5 Å². The minimum absolute atomic E-state index is 0.0336. The third kappa shape index (κ3) is 3.06. The smallest absolute Gasteiger partial charge is 0.266 e. The van der Waals surface area contributed by atoms with Crippen molar-refractivity contribution < 1.29 is 13.3 Å². The molecule has 0 saturated carbocycles. The van der Waals surface area contributed by atoms with Crippen molar-refractivity contribution in [3.63, 3.8) is 0 Å². The average Bonchev–Trinajstić information content (AvgIpc) is 3.27. The van der Waals surface area contributed by atoms with Crippen LogP contribution in [0.1, 0.15) is 16.1 Å². The van der Waals surface area contributed by atoms with E-state index in [1.165, 1.54) is 16.4 Å². The number of aryl methyl sites for hydroxylation is 2. The summed E-state index contributed by atoms with van der Waals surface area (Å²) >= 11 is 1.57. The largest absolute Gasteiger partial charge is 0.270 e. The molecular weight excluding hydrogens is 398 g/mol. The molecule has 1 aliphatic rings. The molecule has 0 unspecified atom stereocenters. The Morgan fingerprint density at radius 3 is 2.64 bits per heavy atom. The fourth-order valence-electron chi connectivity index (χ4n) is 3.38. The second kappa shape index (κ2) is 6.68. The van der Waals surface area contributed by atoms with Crippen LogP contribution in [0.25, 0.3) is 11.3 Å². The van der Waals surface area contributed by atoms with Gasteiger partial charge in [-0.25, -0.2) is 13.4 Å². The quantitative estimate of drug-likeness (QED) is 0.473. The summed E-state index contributed by atoms with van der Waals surface area (Å²) in [5.41, 5.74) is 3.61. The van der Waals surface area contributed by atoms with E-state index in [0.29, 0.717) is 24.2 Å². The molecule has 0 bridgehead atoms. The molecular formula is C19H17N3O4S2. The molecule has 3 aromatic rings. The Hall–Kier alpha value is -2.78. The lowest BCUT2D eigenvalue weighted by molar-refractivity contribution is -0.385. The monoisotopic (exact) mass is 415 g/mol. The van der Waals surface area contributed by atoms with Crippen LogP contribution in [0.3, 0.4) is 0 Å². The zero-order chi connectivity index (χ0) is 20.1. The molecule has 1 aliphatic heterocycles. The molecule has 144 valence electrons. The van der Waals surface area contributed by atoms with Gasteiger partial charge in [-0.2, -0.15) is 0 Å². The first-order valence-corrected chi connectivity index (χ1v) is 10.9. The highest BCUT2D eigenvalue weighted by molar-refractivity contribution is 7.93. The molecule has 4 rings (SSSR count). The molecule has 0 aliphatic carbocycles. The summed E-state index contributed by atoms with van der Waals surface area (Å²) in [6, 6.07) is 9.54. The highest BCUT2D eigenvalue weighted by Crippen LogP contribution is 2.37. The van der Waals surface area contributed by atoms with Crippen LogP contribution in [-0.4, -0.2) is 24.9 Å².